The molecule has 0 aliphatic heterocycles. The lowest BCUT2D eigenvalue weighted by Gasteiger charge is -2.16. The van der Waals surface area contributed by atoms with Crippen molar-refractivity contribution in [2.24, 2.45) is 0 Å². The van der Waals surface area contributed by atoms with E-state index in [1.807, 2.05) is 12.1 Å². The molecule has 186 valence electrons. The predicted molar refractivity (Wildman–Crippen MR) is 165 cm³/mol. The minimum Gasteiger partial charge on any atom is -0.309 e. The summed E-state index contributed by atoms with van der Waals surface area (Å²) in [6.07, 6.45) is 0. The quantitative estimate of drug-likeness (QED) is 0.233. The van der Waals surface area contributed by atoms with Crippen LogP contribution in [0.5, 0.6) is 0 Å². The molecule has 0 saturated heterocycles. The SMILES string of the molecule is N#Cc1cccc(-n2c3ccccc3c3ccccc32)c1-c1ccc(-n2c3ccccc3c3ccccc32)cc1. The van der Waals surface area contributed by atoms with Gasteiger partial charge in [0.15, 0.2) is 0 Å². The number of hydrogen-bond acceptors (Lipinski definition) is 1. The van der Waals surface area contributed by atoms with Gasteiger partial charge in [-0.15, -0.1) is 0 Å². The van der Waals surface area contributed by atoms with Gasteiger partial charge in [0.1, 0.15) is 0 Å². The topological polar surface area (TPSA) is 33.6 Å². The van der Waals surface area contributed by atoms with E-state index in [9.17, 15) is 5.26 Å². The maximum Gasteiger partial charge on any atom is 0.0998 e. The van der Waals surface area contributed by atoms with Crippen LogP contribution in [0.2, 0.25) is 0 Å². The van der Waals surface area contributed by atoms with Gasteiger partial charge in [-0.3, -0.25) is 0 Å². The van der Waals surface area contributed by atoms with Gasteiger partial charge in [-0.1, -0.05) is 91.0 Å². The predicted octanol–water partition coefficient (Wildman–Crippen LogP) is 9.42. The Bertz CT molecular complexity index is 2170. The zero-order valence-corrected chi connectivity index (χ0v) is 21.6. The van der Waals surface area contributed by atoms with Crippen molar-refractivity contribution < 1.29 is 0 Å². The van der Waals surface area contributed by atoms with Gasteiger partial charge in [0.2, 0.25) is 0 Å². The average Bonchev–Trinajstić information content (AvgIpc) is 3.54. The Labute approximate surface area is 231 Å². The molecule has 0 bridgehead atoms. The van der Waals surface area contributed by atoms with Crippen molar-refractivity contribution in [3.05, 3.63) is 145 Å². The first-order valence-electron chi connectivity index (χ1n) is 13.4. The lowest BCUT2D eigenvalue weighted by Crippen LogP contribution is -2.00. The van der Waals surface area contributed by atoms with E-state index >= 15 is 0 Å². The third-order valence-electron chi connectivity index (χ3n) is 7.98. The van der Waals surface area contributed by atoms with E-state index in [4.69, 9.17) is 0 Å². The van der Waals surface area contributed by atoms with Gasteiger partial charge in [0.25, 0.3) is 0 Å². The van der Waals surface area contributed by atoms with E-state index in [2.05, 4.69) is 143 Å². The van der Waals surface area contributed by atoms with Crippen LogP contribution in [-0.2, 0) is 0 Å². The Morgan fingerprint density at radius 1 is 0.425 bits per heavy atom. The average molecular weight is 510 g/mol. The maximum absolute atomic E-state index is 10.2. The zero-order chi connectivity index (χ0) is 26.6. The van der Waals surface area contributed by atoms with Gasteiger partial charge in [-0.05, 0) is 54.1 Å². The standard InChI is InChI=1S/C37H23N3/c38-24-26-10-9-19-36(40-34-17-7-3-13-30(34)31-14-4-8-18-35(31)40)37(26)25-20-22-27(23-21-25)39-32-15-5-1-11-28(32)29-12-2-6-16-33(29)39/h1-23H. The molecule has 6 aromatic carbocycles. The summed E-state index contributed by atoms with van der Waals surface area (Å²) in [5.74, 6) is 0. The molecule has 0 spiro atoms. The molecule has 0 N–H and O–H groups in total. The van der Waals surface area contributed by atoms with E-state index < -0.39 is 0 Å². The van der Waals surface area contributed by atoms with Crippen molar-refractivity contribution in [1.29, 1.82) is 5.26 Å². The van der Waals surface area contributed by atoms with E-state index in [1.54, 1.807) is 0 Å². The summed E-state index contributed by atoms with van der Waals surface area (Å²) in [6.45, 7) is 0. The number of rotatable bonds is 3. The minimum absolute atomic E-state index is 0.656. The Kier molecular flexibility index (Phi) is 4.89. The summed E-state index contributed by atoms with van der Waals surface area (Å²) >= 11 is 0. The summed E-state index contributed by atoms with van der Waals surface area (Å²) in [4.78, 5) is 0. The molecule has 0 radical (unpaired) electrons. The lowest BCUT2D eigenvalue weighted by molar-refractivity contribution is 1.17. The first-order valence-corrected chi connectivity index (χ1v) is 13.4. The largest absolute Gasteiger partial charge is 0.309 e. The Morgan fingerprint density at radius 3 is 1.35 bits per heavy atom. The molecule has 40 heavy (non-hydrogen) atoms. The normalized spacial score (nSPS) is 11.5. The molecule has 0 fully saturated rings. The summed E-state index contributed by atoms with van der Waals surface area (Å²) in [5, 5.41) is 15.1. The number of benzene rings is 6. The third kappa shape index (κ3) is 3.17. The Morgan fingerprint density at radius 2 is 0.875 bits per heavy atom. The zero-order valence-electron chi connectivity index (χ0n) is 21.6. The number of para-hydroxylation sites is 4. The molecule has 0 unspecified atom stereocenters. The van der Waals surface area contributed by atoms with Crippen molar-refractivity contribution in [1.82, 2.24) is 9.13 Å². The molecule has 2 heterocycles. The monoisotopic (exact) mass is 509 g/mol. The highest BCUT2D eigenvalue weighted by Crippen LogP contribution is 2.38. The number of hydrogen-bond donors (Lipinski definition) is 0. The molecule has 0 saturated carbocycles. The van der Waals surface area contributed by atoms with Crippen LogP contribution in [0.4, 0.5) is 0 Å². The van der Waals surface area contributed by atoms with Gasteiger partial charge in [-0.25, -0.2) is 0 Å². The fourth-order valence-electron chi connectivity index (χ4n) is 6.28. The van der Waals surface area contributed by atoms with Crippen LogP contribution in [-0.4, -0.2) is 9.13 Å². The van der Waals surface area contributed by atoms with Gasteiger partial charge in [-0.2, -0.15) is 5.26 Å². The highest BCUT2D eigenvalue weighted by atomic mass is 15.0. The van der Waals surface area contributed by atoms with Crippen LogP contribution in [0.25, 0.3) is 66.1 Å². The van der Waals surface area contributed by atoms with E-state index in [0.29, 0.717) is 5.56 Å². The van der Waals surface area contributed by atoms with Crippen molar-refractivity contribution in [2.75, 3.05) is 0 Å². The highest BCUT2D eigenvalue weighted by Gasteiger charge is 2.18. The fraction of sp³-hybridized carbons (Fsp3) is 0. The molecule has 0 atom stereocenters. The van der Waals surface area contributed by atoms with E-state index in [0.717, 1.165) is 33.5 Å². The summed E-state index contributed by atoms with van der Waals surface area (Å²) < 4.78 is 4.61. The molecule has 8 rings (SSSR count). The summed E-state index contributed by atoms with van der Waals surface area (Å²) in [7, 11) is 0. The van der Waals surface area contributed by atoms with Crippen LogP contribution < -0.4 is 0 Å². The molecule has 3 nitrogen and oxygen atoms in total. The molecule has 0 aliphatic rings. The van der Waals surface area contributed by atoms with Gasteiger partial charge < -0.3 is 9.13 Å². The second-order valence-electron chi connectivity index (χ2n) is 10.1. The van der Waals surface area contributed by atoms with Crippen molar-refractivity contribution in [3.63, 3.8) is 0 Å². The molecule has 2 aromatic heterocycles. The van der Waals surface area contributed by atoms with E-state index in [-0.39, 0.29) is 0 Å². The Hall–Kier alpha value is -5.59. The van der Waals surface area contributed by atoms with Crippen molar-refractivity contribution in [3.8, 4) is 28.6 Å². The molecule has 0 aliphatic carbocycles. The maximum atomic E-state index is 10.2. The van der Waals surface area contributed by atoms with E-state index in [1.165, 1.54) is 32.6 Å². The summed E-state index contributed by atoms with van der Waals surface area (Å²) in [5.41, 5.74) is 9.31. The summed E-state index contributed by atoms with van der Waals surface area (Å²) in [6, 6.07) is 51.2. The fourth-order valence-corrected chi connectivity index (χ4v) is 6.28. The second kappa shape index (κ2) is 8.73. The number of nitrogens with zero attached hydrogens (tertiary/aromatic N) is 3. The number of nitriles is 1. The number of fused-ring (bicyclic) bond motifs is 6. The Balaban J connectivity index is 1.36. The molecular formula is C37H23N3. The van der Waals surface area contributed by atoms with Gasteiger partial charge in [0.05, 0.1) is 39.4 Å². The van der Waals surface area contributed by atoms with Gasteiger partial charge >= 0.3 is 0 Å². The molecule has 0 amide bonds. The van der Waals surface area contributed by atoms with Crippen LogP contribution in [0, 0.1) is 11.3 Å². The minimum atomic E-state index is 0.656. The van der Waals surface area contributed by atoms with Crippen LogP contribution in [0.3, 0.4) is 0 Å². The first-order chi connectivity index (χ1) is 19.8. The van der Waals surface area contributed by atoms with Crippen LogP contribution in [0.15, 0.2) is 140 Å². The molecule has 8 aromatic rings. The first kappa shape index (κ1) is 22.4. The molecular weight excluding hydrogens is 486 g/mol. The lowest BCUT2D eigenvalue weighted by atomic mass is 9.97. The van der Waals surface area contributed by atoms with Crippen LogP contribution >= 0.6 is 0 Å². The second-order valence-corrected chi connectivity index (χ2v) is 10.1. The third-order valence-corrected chi connectivity index (χ3v) is 7.98. The smallest absolute Gasteiger partial charge is 0.0998 e. The van der Waals surface area contributed by atoms with Crippen LogP contribution in [0.1, 0.15) is 5.56 Å². The highest BCUT2D eigenvalue weighted by molar-refractivity contribution is 6.10. The van der Waals surface area contributed by atoms with Crippen molar-refractivity contribution >= 4 is 43.6 Å². The molecule has 3 heteroatoms. The van der Waals surface area contributed by atoms with Crippen molar-refractivity contribution in [2.45, 2.75) is 0 Å². The number of aromatic nitrogens is 2. The van der Waals surface area contributed by atoms with Gasteiger partial charge in [0, 0.05) is 32.8 Å².